The van der Waals surface area contributed by atoms with Gasteiger partial charge in [-0.05, 0) is 33.6 Å². The van der Waals surface area contributed by atoms with Gasteiger partial charge in [-0.1, -0.05) is 0 Å². The Morgan fingerprint density at radius 3 is 2.29 bits per heavy atom. The summed E-state index contributed by atoms with van der Waals surface area (Å²) in [5.74, 6) is 0.0295. The van der Waals surface area contributed by atoms with Crippen LogP contribution in [0.3, 0.4) is 0 Å². The second-order valence-corrected chi connectivity index (χ2v) is 5.52. The number of nitrogens with one attached hydrogen (secondary N) is 2. The Bertz CT molecular complexity index is 293. The van der Waals surface area contributed by atoms with Crippen LogP contribution in [0, 0.1) is 0 Å². The highest BCUT2D eigenvalue weighted by Crippen LogP contribution is 2.18. The van der Waals surface area contributed by atoms with E-state index in [2.05, 4.69) is 10.6 Å². The van der Waals surface area contributed by atoms with Gasteiger partial charge in [0.05, 0.1) is 0 Å². The molecule has 0 radical (unpaired) electrons. The topological polar surface area (TPSA) is 61.4 Å². The van der Waals surface area contributed by atoms with Gasteiger partial charge in [-0.2, -0.15) is 0 Å². The molecule has 17 heavy (non-hydrogen) atoms. The summed E-state index contributed by atoms with van der Waals surface area (Å²) >= 11 is 0. The molecule has 1 saturated carbocycles. The molecule has 5 nitrogen and oxygen atoms in total. The van der Waals surface area contributed by atoms with Crippen molar-refractivity contribution < 1.29 is 9.59 Å². The van der Waals surface area contributed by atoms with Gasteiger partial charge in [-0.15, -0.1) is 0 Å². The summed E-state index contributed by atoms with van der Waals surface area (Å²) in [7, 11) is 0. The quantitative estimate of drug-likeness (QED) is 0.774. The lowest BCUT2D eigenvalue weighted by Crippen LogP contribution is -2.49. The number of nitrogens with zero attached hydrogens (tertiary/aromatic N) is 1. The van der Waals surface area contributed by atoms with Crippen LogP contribution in [0.15, 0.2) is 0 Å². The van der Waals surface area contributed by atoms with E-state index in [9.17, 15) is 9.59 Å². The van der Waals surface area contributed by atoms with Gasteiger partial charge in [0.2, 0.25) is 5.91 Å². The van der Waals surface area contributed by atoms with Crippen molar-refractivity contribution in [2.45, 2.75) is 52.1 Å². The number of rotatable bonds is 4. The SMILES string of the molecule is CC(=O)N(CCNC(=O)NC1CC1)C(C)(C)C. The molecule has 0 heterocycles. The third-order valence-corrected chi connectivity index (χ3v) is 2.72. The Labute approximate surface area is 103 Å². The number of urea groups is 1. The molecule has 1 aliphatic carbocycles. The molecule has 0 aromatic heterocycles. The van der Waals surface area contributed by atoms with E-state index >= 15 is 0 Å². The monoisotopic (exact) mass is 241 g/mol. The Balaban J connectivity index is 2.26. The number of hydrogen-bond acceptors (Lipinski definition) is 2. The average molecular weight is 241 g/mol. The first-order valence-corrected chi connectivity index (χ1v) is 6.13. The largest absolute Gasteiger partial charge is 0.336 e. The molecule has 0 aliphatic heterocycles. The molecule has 3 amide bonds. The van der Waals surface area contributed by atoms with Gasteiger partial charge in [0.1, 0.15) is 0 Å². The normalized spacial score (nSPS) is 15.3. The van der Waals surface area contributed by atoms with Crippen LogP contribution in [0.1, 0.15) is 40.5 Å². The lowest BCUT2D eigenvalue weighted by Gasteiger charge is -2.35. The molecule has 0 spiro atoms. The van der Waals surface area contributed by atoms with Gasteiger partial charge < -0.3 is 15.5 Å². The van der Waals surface area contributed by atoms with E-state index in [0.717, 1.165) is 12.8 Å². The maximum absolute atomic E-state index is 11.5. The van der Waals surface area contributed by atoms with E-state index in [1.54, 1.807) is 11.8 Å². The number of carbonyl (C=O) groups excluding carboxylic acids is 2. The third kappa shape index (κ3) is 5.06. The van der Waals surface area contributed by atoms with E-state index in [1.165, 1.54) is 0 Å². The molecule has 0 aromatic carbocycles. The van der Waals surface area contributed by atoms with Gasteiger partial charge >= 0.3 is 6.03 Å². The van der Waals surface area contributed by atoms with Crippen LogP contribution in [0.25, 0.3) is 0 Å². The van der Waals surface area contributed by atoms with E-state index in [4.69, 9.17) is 0 Å². The molecule has 0 saturated heterocycles. The highest BCUT2D eigenvalue weighted by Gasteiger charge is 2.25. The molecule has 1 fully saturated rings. The van der Waals surface area contributed by atoms with Crippen LogP contribution in [0.5, 0.6) is 0 Å². The summed E-state index contributed by atoms with van der Waals surface area (Å²) in [5.41, 5.74) is -0.208. The van der Waals surface area contributed by atoms with Crippen LogP contribution in [0.4, 0.5) is 4.79 Å². The molecule has 98 valence electrons. The molecular formula is C12H23N3O2. The predicted molar refractivity (Wildman–Crippen MR) is 66.7 cm³/mol. The Morgan fingerprint density at radius 2 is 1.88 bits per heavy atom. The van der Waals surface area contributed by atoms with Crippen molar-refractivity contribution in [3.8, 4) is 0 Å². The lowest BCUT2D eigenvalue weighted by atomic mass is 10.1. The maximum Gasteiger partial charge on any atom is 0.315 e. The second-order valence-electron chi connectivity index (χ2n) is 5.52. The van der Waals surface area contributed by atoms with E-state index in [0.29, 0.717) is 19.1 Å². The summed E-state index contributed by atoms with van der Waals surface area (Å²) in [5, 5.41) is 5.61. The molecule has 0 atom stereocenters. The highest BCUT2D eigenvalue weighted by atomic mass is 16.2. The van der Waals surface area contributed by atoms with Crippen molar-refractivity contribution in [2.75, 3.05) is 13.1 Å². The number of hydrogen-bond donors (Lipinski definition) is 2. The molecule has 2 N–H and O–H groups in total. The molecule has 5 heteroatoms. The van der Waals surface area contributed by atoms with Crippen molar-refractivity contribution in [3.63, 3.8) is 0 Å². The minimum atomic E-state index is -0.208. The minimum Gasteiger partial charge on any atom is -0.336 e. The van der Waals surface area contributed by atoms with Crippen molar-refractivity contribution >= 4 is 11.9 Å². The predicted octanol–water partition coefficient (Wildman–Crippen LogP) is 1.09. The van der Waals surface area contributed by atoms with E-state index < -0.39 is 0 Å². The van der Waals surface area contributed by atoms with Crippen LogP contribution in [-0.4, -0.2) is 41.5 Å². The number of carbonyl (C=O) groups is 2. The second kappa shape index (κ2) is 5.38. The summed E-state index contributed by atoms with van der Waals surface area (Å²) in [6.07, 6.45) is 2.16. The smallest absolute Gasteiger partial charge is 0.315 e. The summed E-state index contributed by atoms with van der Waals surface area (Å²) in [6, 6.07) is 0.228. The highest BCUT2D eigenvalue weighted by molar-refractivity contribution is 5.75. The van der Waals surface area contributed by atoms with Crippen LogP contribution in [0.2, 0.25) is 0 Å². The average Bonchev–Trinajstić information content (AvgIpc) is 2.93. The van der Waals surface area contributed by atoms with Crippen molar-refractivity contribution in [3.05, 3.63) is 0 Å². The zero-order valence-corrected chi connectivity index (χ0v) is 11.2. The number of amides is 3. The standard InChI is InChI=1S/C12H23N3O2/c1-9(16)15(12(2,3)4)8-7-13-11(17)14-10-5-6-10/h10H,5-8H2,1-4H3,(H2,13,14,17). The molecule has 1 aliphatic rings. The fourth-order valence-corrected chi connectivity index (χ4v) is 1.71. The minimum absolute atomic E-state index is 0.0295. The maximum atomic E-state index is 11.5. The van der Waals surface area contributed by atoms with Gasteiger partial charge in [0.15, 0.2) is 0 Å². The Kier molecular flexibility index (Phi) is 4.37. The van der Waals surface area contributed by atoms with E-state index in [-0.39, 0.29) is 17.5 Å². The van der Waals surface area contributed by atoms with Crippen LogP contribution in [-0.2, 0) is 4.79 Å². The van der Waals surface area contributed by atoms with Gasteiger partial charge in [0, 0.05) is 31.6 Å². The molecule has 0 aromatic rings. The molecule has 0 bridgehead atoms. The lowest BCUT2D eigenvalue weighted by molar-refractivity contribution is -0.133. The van der Waals surface area contributed by atoms with Crippen LogP contribution >= 0.6 is 0 Å². The molecular weight excluding hydrogens is 218 g/mol. The third-order valence-electron chi connectivity index (χ3n) is 2.72. The summed E-state index contributed by atoms with van der Waals surface area (Å²) < 4.78 is 0. The van der Waals surface area contributed by atoms with E-state index in [1.807, 2.05) is 20.8 Å². The Hall–Kier alpha value is -1.26. The van der Waals surface area contributed by atoms with Crippen LogP contribution < -0.4 is 10.6 Å². The summed E-state index contributed by atoms with van der Waals surface area (Å²) in [6.45, 7) is 8.53. The fraction of sp³-hybridized carbons (Fsp3) is 0.833. The fourth-order valence-electron chi connectivity index (χ4n) is 1.71. The van der Waals surface area contributed by atoms with Gasteiger partial charge in [-0.25, -0.2) is 4.79 Å². The zero-order chi connectivity index (χ0) is 13.1. The zero-order valence-electron chi connectivity index (χ0n) is 11.2. The van der Waals surface area contributed by atoms with Gasteiger partial charge in [-0.3, -0.25) is 4.79 Å². The van der Waals surface area contributed by atoms with Gasteiger partial charge in [0.25, 0.3) is 0 Å². The van der Waals surface area contributed by atoms with Crippen molar-refractivity contribution in [1.29, 1.82) is 0 Å². The molecule has 0 unspecified atom stereocenters. The van der Waals surface area contributed by atoms with Crippen molar-refractivity contribution in [1.82, 2.24) is 15.5 Å². The first kappa shape index (κ1) is 13.8. The Morgan fingerprint density at radius 1 is 1.29 bits per heavy atom. The first-order valence-electron chi connectivity index (χ1n) is 6.13. The van der Waals surface area contributed by atoms with Crippen molar-refractivity contribution in [2.24, 2.45) is 0 Å². The summed E-state index contributed by atoms with van der Waals surface area (Å²) in [4.78, 5) is 24.6. The molecule has 1 rings (SSSR count). The first-order chi connectivity index (χ1) is 7.80.